The van der Waals surface area contributed by atoms with Crippen LogP contribution >= 0.6 is 0 Å². The Hall–Kier alpha value is -2.64. The van der Waals surface area contributed by atoms with Crippen LogP contribution in [0.3, 0.4) is 0 Å². The maximum Gasteiger partial charge on any atom is 0.418 e. The first-order valence-corrected chi connectivity index (χ1v) is 5.43. The number of nitrogens with zero attached hydrogens (tertiary/aromatic N) is 2. The predicted octanol–water partition coefficient (Wildman–Crippen LogP) is 2.33. The molecule has 1 amide bonds. The quantitative estimate of drug-likeness (QED) is 0.885. The summed E-state index contributed by atoms with van der Waals surface area (Å²) in [6.07, 6.45) is -2.33. The van der Waals surface area contributed by atoms with Crippen LogP contribution in [0.5, 0.6) is 0 Å². The van der Waals surface area contributed by atoms with Crippen molar-refractivity contribution < 1.29 is 18.0 Å². The Morgan fingerprint density at radius 1 is 1.15 bits per heavy atom. The van der Waals surface area contributed by atoms with E-state index in [1.54, 1.807) is 0 Å². The van der Waals surface area contributed by atoms with Gasteiger partial charge in [-0.05, 0) is 12.1 Å². The third-order valence-electron chi connectivity index (χ3n) is 2.39. The van der Waals surface area contributed by atoms with Crippen molar-refractivity contribution in [2.75, 3.05) is 11.1 Å². The van der Waals surface area contributed by atoms with E-state index in [2.05, 4.69) is 15.3 Å². The summed E-state index contributed by atoms with van der Waals surface area (Å²) in [6.45, 7) is 0. The van der Waals surface area contributed by atoms with Gasteiger partial charge in [0.15, 0.2) is 0 Å². The lowest BCUT2D eigenvalue weighted by Crippen LogP contribution is -2.18. The fourth-order valence-electron chi connectivity index (χ4n) is 1.48. The number of hydrogen-bond donors (Lipinski definition) is 2. The van der Waals surface area contributed by atoms with Crippen LogP contribution in [-0.2, 0) is 6.18 Å². The molecule has 0 radical (unpaired) electrons. The SMILES string of the molecule is Nc1cnc(C(=O)Nc2ccccc2C(F)(F)F)cn1. The number of aromatic nitrogens is 2. The van der Waals surface area contributed by atoms with Crippen molar-refractivity contribution >= 4 is 17.4 Å². The molecule has 0 spiro atoms. The lowest BCUT2D eigenvalue weighted by molar-refractivity contribution is -0.136. The van der Waals surface area contributed by atoms with Crippen LogP contribution < -0.4 is 11.1 Å². The van der Waals surface area contributed by atoms with Crippen LogP contribution in [0.15, 0.2) is 36.7 Å². The van der Waals surface area contributed by atoms with Gasteiger partial charge in [0.2, 0.25) is 0 Å². The van der Waals surface area contributed by atoms with Crippen molar-refractivity contribution in [2.45, 2.75) is 6.18 Å². The summed E-state index contributed by atoms with van der Waals surface area (Å²) in [6, 6.07) is 4.66. The average Bonchev–Trinajstić information content (AvgIpc) is 2.38. The molecule has 8 heteroatoms. The van der Waals surface area contributed by atoms with Gasteiger partial charge in [-0.15, -0.1) is 0 Å². The number of hydrogen-bond acceptors (Lipinski definition) is 4. The lowest BCUT2D eigenvalue weighted by atomic mass is 10.1. The molecule has 5 nitrogen and oxygen atoms in total. The van der Waals surface area contributed by atoms with Gasteiger partial charge in [-0.1, -0.05) is 12.1 Å². The van der Waals surface area contributed by atoms with Gasteiger partial charge in [-0.3, -0.25) is 4.79 Å². The summed E-state index contributed by atoms with van der Waals surface area (Å²) in [7, 11) is 0. The number of rotatable bonds is 2. The molecule has 0 saturated heterocycles. The topological polar surface area (TPSA) is 80.9 Å². The van der Waals surface area contributed by atoms with E-state index in [-0.39, 0.29) is 17.2 Å². The number of nitrogens with two attached hydrogens (primary N) is 1. The molecule has 1 aromatic heterocycles. The number of nitrogen functional groups attached to an aromatic ring is 1. The number of alkyl halides is 3. The van der Waals surface area contributed by atoms with Crippen LogP contribution in [-0.4, -0.2) is 15.9 Å². The van der Waals surface area contributed by atoms with Crippen LogP contribution in [0.1, 0.15) is 16.1 Å². The Bertz CT molecular complexity index is 625. The van der Waals surface area contributed by atoms with Gasteiger partial charge in [-0.25, -0.2) is 9.97 Å². The first-order chi connectivity index (χ1) is 9.38. The summed E-state index contributed by atoms with van der Waals surface area (Å²) in [5.41, 5.74) is 3.90. The molecule has 1 heterocycles. The van der Waals surface area contributed by atoms with Crippen LogP contribution in [0.2, 0.25) is 0 Å². The largest absolute Gasteiger partial charge is 0.418 e. The van der Waals surface area contributed by atoms with E-state index in [1.807, 2.05) is 0 Å². The third-order valence-corrected chi connectivity index (χ3v) is 2.39. The number of amides is 1. The van der Waals surface area contributed by atoms with Crippen LogP contribution in [0.25, 0.3) is 0 Å². The van der Waals surface area contributed by atoms with Crippen molar-refractivity contribution in [2.24, 2.45) is 0 Å². The van der Waals surface area contributed by atoms with E-state index in [0.29, 0.717) is 0 Å². The minimum Gasteiger partial charge on any atom is -0.382 e. The number of para-hydroxylation sites is 1. The number of nitrogens with one attached hydrogen (secondary N) is 1. The normalized spacial score (nSPS) is 11.2. The van der Waals surface area contributed by atoms with Crippen molar-refractivity contribution in [3.63, 3.8) is 0 Å². The van der Waals surface area contributed by atoms with Gasteiger partial charge in [-0.2, -0.15) is 13.2 Å². The van der Waals surface area contributed by atoms with E-state index in [9.17, 15) is 18.0 Å². The Morgan fingerprint density at radius 2 is 1.85 bits per heavy atom. The number of anilines is 2. The highest BCUT2D eigenvalue weighted by atomic mass is 19.4. The molecule has 0 unspecified atom stereocenters. The zero-order chi connectivity index (χ0) is 14.8. The third kappa shape index (κ3) is 3.02. The summed E-state index contributed by atoms with van der Waals surface area (Å²) in [4.78, 5) is 19.1. The smallest absolute Gasteiger partial charge is 0.382 e. The number of benzene rings is 1. The summed E-state index contributed by atoms with van der Waals surface area (Å²) in [5, 5.41) is 2.15. The molecule has 104 valence electrons. The van der Waals surface area contributed by atoms with Gasteiger partial charge < -0.3 is 11.1 Å². The molecule has 20 heavy (non-hydrogen) atoms. The number of halogens is 3. The Balaban J connectivity index is 2.26. The highest BCUT2D eigenvalue weighted by Crippen LogP contribution is 2.34. The first kappa shape index (κ1) is 13.8. The zero-order valence-electron chi connectivity index (χ0n) is 9.98. The first-order valence-electron chi connectivity index (χ1n) is 5.43. The van der Waals surface area contributed by atoms with Gasteiger partial charge in [0.1, 0.15) is 11.5 Å². The maximum atomic E-state index is 12.8. The molecule has 0 bridgehead atoms. The fraction of sp³-hybridized carbons (Fsp3) is 0.0833. The molecule has 2 aromatic rings. The Morgan fingerprint density at radius 3 is 2.45 bits per heavy atom. The second kappa shape index (κ2) is 5.16. The average molecular weight is 282 g/mol. The molecule has 0 aliphatic heterocycles. The standard InChI is InChI=1S/C12H9F3N4O/c13-12(14,15)7-3-1-2-4-8(7)19-11(20)9-5-18-10(16)6-17-9/h1-6H,(H2,16,18)(H,19,20). The minimum absolute atomic E-state index is 0.109. The van der Waals surface area contributed by atoms with E-state index in [4.69, 9.17) is 5.73 Å². The predicted molar refractivity (Wildman–Crippen MR) is 65.8 cm³/mol. The monoisotopic (exact) mass is 282 g/mol. The second-order valence-corrected chi connectivity index (χ2v) is 3.82. The van der Waals surface area contributed by atoms with Gasteiger partial charge >= 0.3 is 6.18 Å². The molecule has 0 aliphatic carbocycles. The molecule has 0 fully saturated rings. The van der Waals surface area contributed by atoms with E-state index >= 15 is 0 Å². The molecular weight excluding hydrogens is 273 g/mol. The summed E-state index contributed by atoms with van der Waals surface area (Å²) < 4.78 is 38.3. The summed E-state index contributed by atoms with van der Waals surface area (Å²) in [5.74, 6) is -0.688. The Kier molecular flexibility index (Phi) is 3.55. The van der Waals surface area contributed by atoms with Gasteiger partial charge in [0.05, 0.1) is 23.6 Å². The lowest BCUT2D eigenvalue weighted by Gasteiger charge is -2.13. The molecular formula is C12H9F3N4O. The Labute approximate surface area is 111 Å². The highest BCUT2D eigenvalue weighted by molar-refractivity contribution is 6.03. The molecule has 1 aromatic carbocycles. The van der Waals surface area contributed by atoms with Crippen LogP contribution in [0, 0.1) is 0 Å². The number of carbonyl (C=O) groups excluding carboxylic acids is 1. The summed E-state index contributed by atoms with van der Waals surface area (Å²) >= 11 is 0. The molecule has 3 N–H and O–H groups in total. The van der Waals surface area contributed by atoms with Crippen LogP contribution in [0.4, 0.5) is 24.7 Å². The van der Waals surface area contributed by atoms with Crippen molar-refractivity contribution in [1.29, 1.82) is 0 Å². The number of carbonyl (C=O) groups is 1. The van der Waals surface area contributed by atoms with E-state index < -0.39 is 17.6 Å². The minimum atomic E-state index is -4.56. The van der Waals surface area contributed by atoms with Crippen molar-refractivity contribution in [3.05, 3.63) is 47.9 Å². The van der Waals surface area contributed by atoms with Gasteiger partial charge in [0, 0.05) is 0 Å². The molecule has 0 saturated carbocycles. The maximum absolute atomic E-state index is 12.8. The molecule has 2 rings (SSSR count). The zero-order valence-corrected chi connectivity index (χ0v) is 9.98. The van der Waals surface area contributed by atoms with Gasteiger partial charge in [0.25, 0.3) is 5.91 Å². The van der Waals surface area contributed by atoms with Crippen molar-refractivity contribution in [1.82, 2.24) is 9.97 Å². The second-order valence-electron chi connectivity index (χ2n) is 3.82. The van der Waals surface area contributed by atoms with E-state index in [0.717, 1.165) is 24.5 Å². The highest BCUT2D eigenvalue weighted by Gasteiger charge is 2.33. The molecule has 0 aliphatic rings. The van der Waals surface area contributed by atoms with Crippen molar-refractivity contribution in [3.8, 4) is 0 Å². The molecule has 0 atom stereocenters. The van der Waals surface area contributed by atoms with E-state index in [1.165, 1.54) is 12.1 Å². The fourth-order valence-corrected chi connectivity index (χ4v) is 1.48.